The third kappa shape index (κ3) is 4.70. The summed E-state index contributed by atoms with van der Waals surface area (Å²) in [4.78, 5) is 26.5. The molecule has 0 aromatic carbocycles. The number of aryl methyl sites for hydroxylation is 1. The molecule has 0 saturated heterocycles. The summed E-state index contributed by atoms with van der Waals surface area (Å²) >= 11 is 1.46. The first-order chi connectivity index (χ1) is 8.52. The molecule has 1 atom stereocenters. The standard InChI is InChI=1S/C11H17N3O3S/c1-3-4-8(10(15)16)14-11(17)12-5-9-13-7(2)6-18-9/h6,8H,3-5H2,1-2H3,(H,15,16)(H2,12,14,17). The molecule has 100 valence electrons. The van der Waals surface area contributed by atoms with Gasteiger partial charge in [0, 0.05) is 11.1 Å². The minimum atomic E-state index is -1.02. The highest BCUT2D eigenvalue weighted by Crippen LogP contribution is 2.07. The van der Waals surface area contributed by atoms with Gasteiger partial charge in [-0.25, -0.2) is 14.6 Å². The second-order valence-corrected chi connectivity index (χ2v) is 4.83. The number of rotatable bonds is 6. The van der Waals surface area contributed by atoms with Crippen LogP contribution in [0.1, 0.15) is 30.5 Å². The molecule has 0 aliphatic carbocycles. The number of nitrogens with one attached hydrogen (secondary N) is 2. The molecule has 1 rings (SSSR count). The third-order valence-corrected chi connectivity index (χ3v) is 3.21. The van der Waals surface area contributed by atoms with Crippen molar-refractivity contribution in [1.29, 1.82) is 0 Å². The average molecular weight is 271 g/mol. The lowest BCUT2D eigenvalue weighted by Crippen LogP contribution is -2.45. The molecule has 1 aromatic heterocycles. The molecule has 1 aromatic rings. The number of amides is 2. The van der Waals surface area contributed by atoms with Gasteiger partial charge in [-0.2, -0.15) is 0 Å². The van der Waals surface area contributed by atoms with Crippen LogP contribution in [0, 0.1) is 6.92 Å². The number of carboxylic acids is 1. The van der Waals surface area contributed by atoms with Crippen LogP contribution < -0.4 is 10.6 Å². The normalized spacial score (nSPS) is 11.9. The Bertz CT molecular complexity index is 419. The van der Waals surface area contributed by atoms with Crippen molar-refractivity contribution in [2.24, 2.45) is 0 Å². The van der Waals surface area contributed by atoms with Gasteiger partial charge in [0.15, 0.2) is 0 Å². The Balaban J connectivity index is 2.38. The predicted molar refractivity (Wildman–Crippen MR) is 68.6 cm³/mol. The van der Waals surface area contributed by atoms with Crippen molar-refractivity contribution in [3.8, 4) is 0 Å². The quantitative estimate of drug-likeness (QED) is 0.731. The molecule has 0 spiro atoms. The van der Waals surface area contributed by atoms with Gasteiger partial charge < -0.3 is 15.7 Å². The summed E-state index contributed by atoms with van der Waals surface area (Å²) < 4.78 is 0. The van der Waals surface area contributed by atoms with E-state index in [4.69, 9.17) is 5.11 Å². The number of hydrogen-bond donors (Lipinski definition) is 3. The van der Waals surface area contributed by atoms with E-state index in [1.54, 1.807) is 0 Å². The van der Waals surface area contributed by atoms with Crippen LogP contribution in [-0.2, 0) is 11.3 Å². The first-order valence-electron chi connectivity index (χ1n) is 5.71. The molecule has 0 fully saturated rings. The molecular weight excluding hydrogens is 254 g/mol. The van der Waals surface area contributed by atoms with E-state index in [1.165, 1.54) is 11.3 Å². The highest BCUT2D eigenvalue weighted by atomic mass is 32.1. The molecule has 0 aliphatic rings. The summed E-state index contributed by atoms with van der Waals surface area (Å²) in [5, 5.41) is 16.6. The van der Waals surface area contributed by atoms with Gasteiger partial charge in [0.2, 0.25) is 0 Å². The molecular formula is C11H17N3O3S. The molecule has 0 bridgehead atoms. The number of hydrogen-bond acceptors (Lipinski definition) is 4. The van der Waals surface area contributed by atoms with Crippen LogP contribution in [-0.4, -0.2) is 28.1 Å². The van der Waals surface area contributed by atoms with E-state index in [-0.39, 0.29) is 0 Å². The highest BCUT2D eigenvalue weighted by molar-refractivity contribution is 7.09. The van der Waals surface area contributed by atoms with Crippen molar-refractivity contribution in [3.05, 3.63) is 16.1 Å². The number of carbonyl (C=O) groups is 2. The number of thiazole rings is 1. The Kier molecular flexibility index (Phi) is 5.57. The number of nitrogens with zero attached hydrogens (tertiary/aromatic N) is 1. The van der Waals surface area contributed by atoms with Crippen molar-refractivity contribution in [2.45, 2.75) is 39.3 Å². The molecule has 0 saturated carbocycles. The van der Waals surface area contributed by atoms with E-state index in [2.05, 4.69) is 15.6 Å². The van der Waals surface area contributed by atoms with Crippen LogP contribution in [0.25, 0.3) is 0 Å². The van der Waals surface area contributed by atoms with E-state index in [9.17, 15) is 9.59 Å². The second-order valence-electron chi connectivity index (χ2n) is 3.89. The highest BCUT2D eigenvalue weighted by Gasteiger charge is 2.18. The summed E-state index contributed by atoms with van der Waals surface area (Å²) in [5.41, 5.74) is 0.909. The maximum absolute atomic E-state index is 11.5. The van der Waals surface area contributed by atoms with E-state index in [0.717, 1.165) is 10.7 Å². The van der Waals surface area contributed by atoms with Crippen LogP contribution in [0.15, 0.2) is 5.38 Å². The van der Waals surface area contributed by atoms with Gasteiger partial charge in [-0.1, -0.05) is 13.3 Å². The molecule has 7 heteroatoms. The smallest absolute Gasteiger partial charge is 0.326 e. The van der Waals surface area contributed by atoms with E-state index in [0.29, 0.717) is 19.4 Å². The molecule has 18 heavy (non-hydrogen) atoms. The minimum absolute atomic E-state index is 0.308. The number of aromatic nitrogens is 1. The van der Waals surface area contributed by atoms with Crippen molar-refractivity contribution in [2.75, 3.05) is 0 Å². The van der Waals surface area contributed by atoms with E-state index in [1.807, 2.05) is 19.2 Å². The summed E-state index contributed by atoms with van der Waals surface area (Å²) in [6.45, 7) is 4.05. The van der Waals surface area contributed by atoms with Gasteiger partial charge in [-0.05, 0) is 13.3 Å². The molecule has 2 amide bonds. The summed E-state index contributed by atoms with van der Waals surface area (Å²) in [6, 6.07) is -1.32. The second kappa shape index (κ2) is 6.95. The number of carbonyl (C=O) groups excluding carboxylic acids is 1. The lowest BCUT2D eigenvalue weighted by molar-refractivity contribution is -0.139. The van der Waals surface area contributed by atoms with Crippen molar-refractivity contribution in [1.82, 2.24) is 15.6 Å². The summed E-state index contributed by atoms with van der Waals surface area (Å²) in [6.07, 6.45) is 1.11. The van der Waals surface area contributed by atoms with Gasteiger partial charge >= 0.3 is 12.0 Å². The molecule has 0 aliphatic heterocycles. The third-order valence-electron chi connectivity index (χ3n) is 2.25. The number of aliphatic carboxylic acids is 1. The maximum Gasteiger partial charge on any atom is 0.326 e. The maximum atomic E-state index is 11.5. The summed E-state index contributed by atoms with van der Waals surface area (Å²) in [5.74, 6) is -1.02. The zero-order valence-electron chi connectivity index (χ0n) is 10.4. The van der Waals surface area contributed by atoms with E-state index >= 15 is 0 Å². The first kappa shape index (κ1) is 14.4. The van der Waals surface area contributed by atoms with Crippen LogP contribution in [0.5, 0.6) is 0 Å². The molecule has 0 radical (unpaired) electrons. The zero-order chi connectivity index (χ0) is 13.5. The van der Waals surface area contributed by atoms with Crippen LogP contribution >= 0.6 is 11.3 Å². The van der Waals surface area contributed by atoms with Crippen molar-refractivity contribution < 1.29 is 14.7 Å². The zero-order valence-corrected chi connectivity index (χ0v) is 11.2. The molecule has 3 N–H and O–H groups in total. The Hall–Kier alpha value is -1.63. The van der Waals surface area contributed by atoms with Crippen LogP contribution in [0.3, 0.4) is 0 Å². The van der Waals surface area contributed by atoms with Crippen molar-refractivity contribution in [3.63, 3.8) is 0 Å². The number of urea groups is 1. The van der Waals surface area contributed by atoms with Gasteiger partial charge in [-0.3, -0.25) is 0 Å². The molecule has 1 heterocycles. The monoisotopic (exact) mass is 271 g/mol. The Morgan fingerprint density at radius 1 is 1.56 bits per heavy atom. The SMILES string of the molecule is CCCC(NC(=O)NCc1nc(C)cs1)C(=O)O. The minimum Gasteiger partial charge on any atom is -0.480 e. The van der Waals surface area contributed by atoms with Gasteiger partial charge in [0.1, 0.15) is 11.0 Å². The Morgan fingerprint density at radius 3 is 2.78 bits per heavy atom. The topological polar surface area (TPSA) is 91.3 Å². The lowest BCUT2D eigenvalue weighted by Gasteiger charge is -2.13. The Morgan fingerprint density at radius 2 is 2.28 bits per heavy atom. The number of carboxylic acid groups (broad SMARTS) is 1. The molecule has 1 unspecified atom stereocenters. The fourth-order valence-corrected chi connectivity index (χ4v) is 2.11. The van der Waals surface area contributed by atoms with Crippen LogP contribution in [0.2, 0.25) is 0 Å². The fourth-order valence-electron chi connectivity index (χ4n) is 1.40. The van der Waals surface area contributed by atoms with Gasteiger partial charge in [0.05, 0.1) is 6.54 Å². The van der Waals surface area contributed by atoms with Gasteiger partial charge in [-0.15, -0.1) is 11.3 Å². The fraction of sp³-hybridized carbons (Fsp3) is 0.545. The molecule has 6 nitrogen and oxygen atoms in total. The van der Waals surface area contributed by atoms with E-state index < -0.39 is 18.0 Å². The largest absolute Gasteiger partial charge is 0.480 e. The predicted octanol–water partition coefficient (Wildman–Crippen LogP) is 1.50. The summed E-state index contributed by atoms with van der Waals surface area (Å²) in [7, 11) is 0. The van der Waals surface area contributed by atoms with Gasteiger partial charge in [0.25, 0.3) is 0 Å². The van der Waals surface area contributed by atoms with Crippen LogP contribution in [0.4, 0.5) is 4.79 Å². The Labute approximate surface area is 109 Å². The average Bonchev–Trinajstić information content (AvgIpc) is 2.72. The first-order valence-corrected chi connectivity index (χ1v) is 6.59. The van der Waals surface area contributed by atoms with Crippen molar-refractivity contribution >= 4 is 23.3 Å². The lowest BCUT2D eigenvalue weighted by atomic mass is 10.2.